The number of benzene rings is 1. The monoisotopic (exact) mass is 393 g/mol. The second-order valence-electron chi connectivity index (χ2n) is 7.05. The summed E-state index contributed by atoms with van der Waals surface area (Å²) in [5, 5.41) is 2.48. The Bertz CT molecular complexity index is 986. The van der Waals surface area contributed by atoms with Crippen LogP contribution in [0.5, 0.6) is 5.75 Å². The zero-order chi connectivity index (χ0) is 20.4. The van der Waals surface area contributed by atoms with Gasteiger partial charge in [-0.3, -0.25) is 19.9 Å². The van der Waals surface area contributed by atoms with Crippen molar-refractivity contribution in [1.29, 1.82) is 0 Å². The molecule has 1 aromatic heterocycles. The van der Waals surface area contributed by atoms with Gasteiger partial charge in [-0.25, -0.2) is 0 Å². The molecule has 1 aromatic carbocycles. The van der Waals surface area contributed by atoms with Crippen LogP contribution >= 0.6 is 0 Å². The number of aromatic nitrogens is 1. The van der Waals surface area contributed by atoms with E-state index in [1.165, 1.54) is 0 Å². The molecular weight excluding hydrogens is 370 g/mol. The number of amides is 2. The predicted octanol–water partition coefficient (Wildman–Crippen LogP) is 2.14. The summed E-state index contributed by atoms with van der Waals surface area (Å²) in [7, 11) is 3.24. The molecule has 4 rings (SSSR count). The molecule has 0 spiro atoms. The van der Waals surface area contributed by atoms with Crippen molar-refractivity contribution in [2.45, 2.75) is 12.3 Å². The summed E-state index contributed by atoms with van der Waals surface area (Å²) in [6, 6.07) is 9.22. The number of fused-ring (bicyclic) bond motifs is 1. The highest BCUT2D eigenvalue weighted by Crippen LogP contribution is 2.44. The number of para-hydroxylation sites is 1. The van der Waals surface area contributed by atoms with E-state index in [0.29, 0.717) is 35.6 Å². The van der Waals surface area contributed by atoms with Gasteiger partial charge in [-0.05, 0) is 18.6 Å². The Morgan fingerprint density at radius 1 is 1.17 bits per heavy atom. The normalized spacial score (nSPS) is 18.3. The third kappa shape index (κ3) is 3.38. The number of anilines is 1. The Labute approximate surface area is 169 Å². The predicted molar refractivity (Wildman–Crippen MR) is 109 cm³/mol. The van der Waals surface area contributed by atoms with E-state index in [1.807, 2.05) is 24.3 Å². The molecule has 0 saturated heterocycles. The number of hydrogen-bond acceptors (Lipinski definition) is 6. The van der Waals surface area contributed by atoms with Gasteiger partial charge in [-0.15, -0.1) is 0 Å². The maximum Gasteiger partial charge on any atom is 0.259 e. The second-order valence-corrected chi connectivity index (χ2v) is 7.05. The van der Waals surface area contributed by atoms with Gasteiger partial charge in [-0.2, -0.15) is 0 Å². The summed E-state index contributed by atoms with van der Waals surface area (Å²) in [5.41, 5.74) is 3.47. The minimum absolute atomic E-state index is 0.243. The highest BCUT2D eigenvalue weighted by Gasteiger charge is 2.41. The molecule has 2 aliphatic rings. The number of hydrogen-bond donors (Lipinski definition) is 1. The van der Waals surface area contributed by atoms with Gasteiger partial charge in [0.2, 0.25) is 0 Å². The summed E-state index contributed by atoms with van der Waals surface area (Å²) < 4.78 is 10.6. The lowest BCUT2D eigenvalue weighted by molar-refractivity contribution is -0.123. The van der Waals surface area contributed by atoms with Crippen molar-refractivity contribution >= 4 is 23.1 Å². The molecule has 150 valence electrons. The zero-order valence-electron chi connectivity index (χ0n) is 16.5. The molecule has 2 aromatic rings. The van der Waals surface area contributed by atoms with Gasteiger partial charge in [0.05, 0.1) is 12.7 Å². The van der Waals surface area contributed by atoms with Crippen molar-refractivity contribution in [1.82, 2.24) is 10.3 Å². The minimum atomic E-state index is -0.391. The molecule has 1 N–H and O–H groups in total. The van der Waals surface area contributed by atoms with Crippen LogP contribution in [0.4, 0.5) is 5.69 Å². The number of pyridine rings is 1. The number of rotatable bonds is 7. The summed E-state index contributed by atoms with van der Waals surface area (Å²) >= 11 is 0. The van der Waals surface area contributed by atoms with Gasteiger partial charge in [0.15, 0.2) is 0 Å². The van der Waals surface area contributed by atoms with E-state index in [1.54, 1.807) is 32.7 Å². The number of nitrogens with one attached hydrogen (secondary N) is 1. The SMILES string of the molecule is COCCCN1CC(C2=C(c3ccccc3OC)C(=O)NC2=O)c2cnccc21. The molecular formula is C22H23N3O4. The summed E-state index contributed by atoms with van der Waals surface area (Å²) in [5.74, 6) is -0.425. The van der Waals surface area contributed by atoms with Crippen molar-refractivity contribution in [3.8, 4) is 5.75 Å². The Morgan fingerprint density at radius 3 is 2.79 bits per heavy atom. The number of nitrogens with zero attached hydrogens (tertiary/aromatic N) is 2. The Hall–Kier alpha value is -3.19. The number of carbonyl (C=O) groups excluding carboxylic acids is 2. The van der Waals surface area contributed by atoms with E-state index in [2.05, 4.69) is 15.2 Å². The number of methoxy groups -OCH3 is 2. The molecule has 1 atom stereocenters. The molecule has 0 fully saturated rings. The van der Waals surface area contributed by atoms with E-state index in [0.717, 1.165) is 24.2 Å². The molecule has 0 bridgehead atoms. The maximum absolute atomic E-state index is 12.8. The van der Waals surface area contributed by atoms with Gasteiger partial charge in [0.25, 0.3) is 11.8 Å². The fraction of sp³-hybridized carbons (Fsp3) is 0.318. The van der Waals surface area contributed by atoms with Crippen LogP contribution in [0.3, 0.4) is 0 Å². The highest BCUT2D eigenvalue weighted by molar-refractivity contribution is 6.36. The van der Waals surface area contributed by atoms with Crippen molar-refractivity contribution in [3.63, 3.8) is 0 Å². The smallest absolute Gasteiger partial charge is 0.259 e. The average molecular weight is 393 g/mol. The Balaban J connectivity index is 1.80. The van der Waals surface area contributed by atoms with Gasteiger partial charge < -0.3 is 14.4 Å². The molecule has 0 aliphatic carbocycles. The van der Waals surface area contributed by atoms with Crippen LogP contribution in [0.2, 0.25) is 0 Å². The molecule has 7 heteroatoms. The largest absolute Gasteiger partial charge is 0.496 e. The molecule has 0 radical (unpaired) electrons. The van der Waals surface area contributed by atoms with Crippen molar-refractivity contribution < 1.29 is 19.1 Å². The Kier molecular flexibility index (Phi) is 5.31. The van der Waals surface area contributed by atoms with Crippen molar-refractivity contribution in [3.05, 3.63) is 59.4 Å². The Morgan fingerprint density at radius 2 is 2.00 bits per heavy atom. The van der Waals surface area contributed by atoms with E-state index >= 15 is 0 Å². The van der Waals surface area contributed by atoms with Crippen LogP contribution in [0.1, 0.15) is 23.5 Å². The van der Waals surface area contributed by atoms with Crippen LogP contribution in [0, 0.1) is 0 Å². The maximum atomic E-state index is 12.8. The van der Waals surface area contributed by atoms with Gasteiger partial charge in [0.1, 0.15) is 5.75 Å². The van der Waals surface area contributed by atoms with Crippen LogP contribution in [-0.2, 0) is 14.3 Å². The fourth-order valence-corrected chi connectivity index (χ4v) is 4.15. The summed E-state index contributed by atoms with van der Waals surface area (Å²) in [6.45, 7) is 2.07. The standard InChI is InChI=1S/C22H23N3O4/c1-28-11-5-10-25-13-16(15-12-23-9-8-17(15)25)20-19(21(26)24-22(20)27)14-6-3-4-7-18(14)29-2/h3-4,6-9,12,16H,5,10-11,13H2,1-2H3,(H,24,26,27). The fourth-order valence-electron chi connectivity index (χ4n) is 4.15. The van der Waals surface area contributed by atoms with E-state index in [9.17, 15) is 9.59 Å². The van der Waals surface area contributed by atoms with Crippen molar-refractivity contribution in [2.24, 2.45) is 0 Å². The molecule has 1 unspecified atom stereocenters. The number of ether oxygens (including phenoxy) is 2. The van der Waals surface area contributed by atoms with Gasteiger partial charge in [0, 0.05) is 67.5 Å². The number of imide groups is 1. The third-order valence-electron chi connectivity index (χ3n) is 5.42. The molecule has 0 saturated carbocycles. The zero-order valence-corrected chi connectivity index (χ0v) is 16.5. The minimum Gasteiger partial charge on any atom is -0.496 e. The number of carbonyl (C=O) groups is 2. The van der Waals surface area contributed by atoms with E-state index in [4.69, 9.17) is 9.47 Å². The van der Waals surface area contributed by atoms with Crippen molar-refractivity contribution in [2.75, 3.05) is 38.8 Å². The van der Waals surface area contributed by atoms with Crippen LogP contribution in [-0.4, -0.2) is 50.7 Å². The molecule has 2 amide bonds. The van der Waals surface area contributed by atoms with Crippen LogP contribution < -0.4 is 15.0 Å². The first-order valence-corrected chi connectivity index (χ1v) is 9.56. The quantitative estimate of drug-likeness (QED) is 0.573. The average Bonchev–Trinajstić information content (AvgIpc) is 3.24. The lowest BCUT2D eigenvalue weighted by atomic mass is 9.88. The first kappa shape index (κ1) is 19.1. The van der Waals surface area contributed by atoms with Gasteiger partial charge >= 0.3 is 0 Å². The van der Waals surface area contributed by atoms with Gasteiger partial charge in [-0.1, -0.05) is 18.2 Å². The van der Waals surface area contributed by atoms with E-state index < -0.39 is 5.91 Å². The van der Waals surface area contributed by atoms with Crippen LogP contribution in [0.25, 0.3) is 5.57 Å². The van der Waals surface area contributed by atoms with E-state index in [-0.39, 0.29) is 11.8 Å². The lowest BCUT2D eigenvalue weighted by Gasteiger charge is -2.20. The summed E-state index contributed by atoms with van der Waals surface area (Å²) in [6.07, 6.45) is 4.41. The first-order valence-electron chi connectivity index (χ1n) is 9.56. The summed E-state index contributed by atoms with van der Waals surface area (Å²) in [4.78, 5) is 32.1. The molecule has 3 heterocycles. The topological polar surface area (TPSA) is 80.8 Å². The molecule has 7 nitrogen and oxygen atoms in total. The molecule has 2 aliphatic heterocycles. The third-order valence-corrected chi connectivity index (χ3v) is 5.42. The first-order chi connectivity index (χ1) is 14.2. The van der Waals surface area contributed by atoms with Crippen LogP contribution in [0.15, 0.2) is 48.3 Å². The second kappa shape index (κ2) is 8.05. The molecule has 29 heavy (non-hydrogen) atoms. The highest BCUT2D eigenvalue weighted by atomic mass is 16.5. The lowest BCUT2D eigenvalue weighted by Crippen LogP contribution is -2.27.